The number of nitrogens with one attached hydrogen (secondary N) is 1. The van der Waals surface area contributed by atoms with E-state index in [9.17, 15) is 13.6 Å². The number of hydrogen-bond donors (Lipinski definition) is 1. The Hall–Kier alpha value is -2.76. The van der Waals surface area contributed by atoms with Crippen LogP contribution in [0.25, 0.3) is 22.2 Å². The van der Waals surface area contributed by atoms with Gasteiger partial charge < -0.3 is 5.32 Å². The molecule has 1 amide bonds. The Kier molecular flexibility index (Phi) is 4.88. The molecule has 0 spiro atoms. The van der Waals surface area contributed by atoms with Crippen molar-refractivity contribution in [2.75, 3.05) is 0 Å². The summed E-state index contributed by atoms with van der Waals surface area (Å²) >= 11 is 0. The molecule has 3 aromatic rings. The topological polar surface area (TPSA) is 46.9 Å². The molecule has 0 unspecified atom stereocenters. The molecule has 0 bridgehead atoms. The molecule has 0 atom stereocenters. The second-order valence-electron chi connectivity index (χ2n) is 6.97. The highest BCUT2D eigenvalue weighted by molar-refractivity contribution is 5.96. The zero-order chi connectivity index (χ0) is 18.8. The van der Waals surface area contributed by atoms with Gasteiger partial charge in [0.2, 0.25) is 0 Å². The molecule has 1 aliphatic carbocycles. The van der Waals surface area contributed by atoms with Gasteiger partial charge in [-0.1, -0.05) is 49.6 Å². The first kappa shape index (κ1) is 17.6. The molecule has 1 aromatic heterocycles. The third-order valence-corrected chi connectivity index (χ3v) is 5.16. The molecular formula is C21H21F2N3O. The molecule has 0 saturated heterocycles. The fraction of sp³-hybridized carbons (Fsp3) is 0.333. The van der Waals surface area contributed by atoms with Crippen LogP contribution in [0.3, 0.4) is 0 Å². The lowest BCUT2D eigenvalue weighted by molar-refractivity contribution is 0.0617. The highest BCUT2D eigenvalue weighted by Gasteiger charge is 2.19. The number of benzene rings is 2. The maximum Gasteiger partial charge on any atom is 0.333 e. The summed E-state index contributed by atoms with van der Waals surface area (Å²) in [4.78, 5) is 12.4. The zero-order valence-corrected chi connectivity index (χ0v) is 14.9. The average molecular weight is 369 g/mol. The highest BCUT2D eigenvalue weighted by atomic mass is 19.3. The molecule has 140 valence electrons. The maximum absolute atomic E-state index is 13.3. The lowest BCUT2D eigenvalue weighted by Gasteiger charge is -2.22. The zero-order valence-electron chi connectivity index (χ0n) is 14.9. The number of halogens is 2. The van der Waals surface area contributed by atoms with Crippen LogP contribution in [0.2, 0.25) is 0 Å². The third kappa shape index (κ3) is 3.56. The minimum Gasteiger partial charge on any atom is -0.349 e. The fourth-order valence-corrected chi connectivity index (χ4v) is 3.75. The van der Waals surface area contributed by atoms with Crippen molar-refractivity contribution in [1.82, 2.24) is 15.1 Å². The Morgan fingerprint density at radius 2 is 1.74 bits per heavy atom. The van der Waals surface area contributed by atoms with Crippen LogP contribution in [-0.2, 0) is 0 Å². The van der Waals surface area contributed by atoms with Gasteiger partial charge in [-0.2, -0.15) is 13.9 Å². The van der Waals surface area contributed by atoms with Crippen LogP contribution in [-0.4, -0.2) is 21.7 Å². The lowest BCUT2D eigenvalue weighted by Crippen LogP contribution is -2.36. The highest BCUT2D eigenvalue weighted by Crippen LogP contribution is 2.30. The van der Waals surface area contributed by atoms with Crippen LogP contribution < -0.4 is 5.32 Å². The van der Waals surface area contributed by atoms with E-state index in [0.29, 0.717) is 27.7 Å². The van der Waals surface area contributed by atoms with Crippen molar-refractivity contribution in [3.63, 3.8) is 0 Å². The van der Waals surface area contributed by atoms with E-state index in [2.05, 4.69) is 10.4 Å². The number of amides is 1. The van der Waals surface area contributed by atoms with Gasteiger partial charge in [0.1, 0.15) is 5.69 Å². The summed E-state index contributed by atoms with van der Waals surface area (Å²) < 4.78 is 27.3. The van der Waals surface area contributed by atoms with Gasteiger partial charge >= 0.3 is 6.55 Å². The van der Waals surface area contributed by atoms with Crippen molar-refractivity contribution in [3.8, 4) is 11.3 Å². The molecule has 2 aromatic carbocycles. The minimum absolute atomic E-state index is 0.0867. The molecule has 4 rings (SSSR count). The Morgan fingerprint density at radius 3 is 2.44 bits per heavy atom. The van der Waals surface area contributed by atoms with Crippen molar-refractivity contribution < 1.29 is 13.6 Å². The number of nitrogens with zero attached hydrogens (tertiary/aromatic N) is 2. The second-order valence-corrected chi connectivity index (χ2v) is 6.97. The first-order valence-electron chi connectivity index (χ1n) is 9.30. The molecule has 1 N–H and O–H groups in total. The summed E-state index contributed by atoms with van der Waals surface area (Å²) in [6.07, 6.45) is 5.61. The largest absolute Gasteiger partial charge is 0.349 e. The first-order chi connectivity index (χ1) is 13.1. The smallest absolute Gasteiger partial charge is 0.333 e. The van der Waals surface area contributed by atoms with E-state index in [1.54, 1.807) is 48.5 Å². The summed E-state index contributed by atoms with van der Waals surface area (Å²) in [6, 6.07) is 14.1. The maximum atomic E-state index is 13.3. The predicted octanol–water partition coefficient (Wildman–Crippen LogP) is 5.16. The Balaban J connectivity index is 1.59. The molecule has 1 heterocycles. The van der Waals surface area contributed by atoms with Gasteiger partial charge in [0.25, 0.3) is 5.91 Å². The standard InChI is InChI=1S/C21H21F2N3O/c22-21(23)26-18-9-5-4-8-17(18)19(25-26)14-10-12-15(13-11-14)20(27)24-16-6-2-1-3-7-16/h4-5,8-13,16,21H,1-3,6-7H2,(H,24,27). The Morgan fingerprint density at radius 1 is 1.04 bits per heavy atom. The van der Waals surface area contributed by atoms with E-state index in [-0.39, 0.29) is 11.9 Å². The summed E-state index contributed by atoms with van der Waals surface area (Å²) in [5.41, 5.74) is 2.16. The second kappa shape index (κ2) is 7.47. The van der Waals surface area contributed by atoms with Gasteiger partial charge in [-0.15, -0.1) is 0 Å². The van der Waals surface area contributed by atoms with Crippen molar-refractivity contribution in [1.29, 1.82) is 0 Å². The van der Waals surface area contributed by atoms with E-state index in [1.807, 2.05) is 0 Å². The first-order valence-corrected chi connectivity index (χ1v) is 9.30. The number of alkyl halides is 2. The van der Waals surface area contributed by atoms with Crippen LogP contribution >= 0.6 is 0 Å². The van der Waals surface area contributed by atoms with Gasteiger partial charge in [-0.05, 0) is 31.0 Å². The number of carbonyl (C=O) groups excluding carboxylic acids is 1. The van der Waals surface area contributed by atoms with E-state index >= 15 is 0 Å². The van der Waals surface area contributed by atoms with E-state index < -0.39 is 6.55 Å². The van der Waals surface area contributed by atoms with Crippen molar-refractivity contribution in [2.45, 2.75) is 44.7 Å². The van der Waals surface area contributed by atoms with Crippen LogP contribution in [0.4, 0.5) is 8.78 Å². The SMILES string of the molecule is O=C(NC1CCCCC1)c1ccc(-c2nn(C(F)F)c3ccccc23)cc1. The van der Waals surface area contributed by atoms with E-state index in [4.69, 9.17) is 0 Å². The number of aromatic nitrogens is 2. The molecule has 6 heteroatoms. The Bertz CT molecular complexity index is 944. The number of hydrogen-bond acceptors (Lipinski definition) is 2. The summed E-state index contributed by atoms with van der Waals surface area (Å²) in [5, 5.41) is 7.84. The number of fused-ring (bicyclic) bond motifs is 1. The Labute approximate surface area is 156 Å². The molecule has 27 heavy (non-hydrogen) atoms. The van der Waals surface area contributed by atoms with Gasteiger partial charge in [0.05, 0.1) is 5.52 Å². The minimum atomic E-state index is -2.70. The van der Waals surface area contributed by atoms with Crippen molar-refractivity contribution in [2.24, 2.45) is 0 Å². The molecule has 4 nitrogen and oxygen atoms in total. The van der Waals surface area contributed by atoms with Gasteiger partial charge in [-0.25, -0.2) is 4.68 Å². The molecule has 1 aliphatic rings. The third-order valence-electron chi connectivity index (χ3n) is 5.16. The summed E-state index contributed by atoms with van der Waals surface area (Å²) in [6.45, 7) is -2.70. The molecule has 1 fully saturated rings. The monoisotopic (exact) mass is 369 g/mol. The quantitative estimate of drug-likeness (QED) is 0.690. The van der Waals surface area contributed by atoms with Crippen molar-refractivity contribution >= 4 is 16.8 Å². The van der Waals surface area contributed by atoms with Crippen LogP contribution in [0.1, 0.15) is 49.0 Å². The molecule has 0 radical (unpaired) electrons. The molecular weight excluding hydrogens is 348 g/mol. The summed E-state index contributed by atoms with van der Waals surface area (Å²) in [7, 11) is 0. The van der Waals surface area contributed by atoms with E-state index in [0.717, 1.165) is 30.4 Å². The predicted molar refractivity (Wildman–Crippen MR) is 101 cm³/mol. The van der Waals surface area contributed by atoms with Crippen LogP contribution in [0.15, 0.2) is 48.5 Å². The van der Waals surface area contributed by atoms with E-state index in [1.165, 1.54) is 6.42 Å². The van der Waals surface area contributed by atoms with Crippen LogP contribution in [0.5, 0.6) is 0 Å². The van der Waals surface area contributed by atoms with Crippen LogP contribution in [0, 0.1) is 0 Å². The molecule has 0 aliphatic heterocycles. The summed E-state index contributed by atoms with van der Waals surface area (Å²) in [5.74, 6) is -0.0867. The van der Waals surface area contributed by atoms with Crippen molar-refractivity contribution in [3.05, 3.63) is 54.1 Å². The van der Waals surface area contributed by atoms with Gasteiger partial charge in [0.15, 0.2) is 0 Å². The normalized spacial score (nSPS) is 15.4. The average Bonchev–Trinajstić information content (AvgIpc) is 3.09. The lowest BCUT2D eigenvalue weighted by atomic mass is 9.95. The molecule has 1 saturated carbocycles. The number of rotatable bonds is 4. The number of carbonyl (C=O) groups is 1. The fourth-order valence-electron chi connectivity index (χ4n) is 3.75. The van der Waals surface area contributed by atoms with Gasteiger partial charge in [0, 0.05) is 22.6 Å². The number of para-hydroxylation sites is 1. The van der Waals surface area contributed by atoms with Gasteiger partial charge in [-0.3, -0.25) is 4.79 Å².